The number of halogens is 1. The number of carbonyl (C=O) groups excluding carboxylic acids is 1. The van der Waals surface area contributed by atoms with E-state index >= 15 is 0 Å². The van der Waals surface area contributed by atoms with Gasteiger partial charge in [0.1, 0.15) is 6.61 Å². The van der Waals surface area contributed by atoms with Gasteiger partial charge in [-0.1, -0.05) is 0 Å². The number of amides is 1. The van der Waals surface area contributed by atoms with E-state index in [1.807, 2.05) is 20.8 Å². The summed E-state index contributed by atoms with van der Waals surface area (Å²) < 4.78 is 10.3. The fraction of sp³-hybridized carbons (Fsp3) is 0.909. The van der Waals surface area contributed by atoms with Gasteiger partial charge in [0.05, 0.1) is 17.6 Å². The van der Waals surface area contributed by atoms with Crippen LogP contribution >= 0.6 is 11.6 Å². The number of likely N-dealkylation sites (N-methyl/N-ethyl adjacent to an activating group) is 1. The summed E-state index contributed by atoms with van der Waals surface area (Å²) in [6.07, 6.45) is 0. The van der Waals surface area contributed by atoms with Gasteiger partial charge in [0.25, 0.3) is 0 Å². The van der Waals surface area contributed by atoms with Crippen LogP contribution in [0.25, 0.3) is 0 Å². The summed E-state index contributed by atoms with van der Waals surface area (Å²) in [6.45, 7) is 6.71. The van der Waals surface area contributed by atoms with E-state index in [1.54, 1.807) is 19.1 Å². The summed E-state index contributed by atoms with van der Waals surface area (Å²) in [4.78, 5) is 13.2. The van der Waals surface area contributed by atoms with Gasteiger partial charge < -0.3 is 14.4 Å². The molecule has 0 saturated carbocycles. The van der Waals surface area contributed by atoms with E-state index in [4.69, 9.17) is 21.1 Å². The standard InChI is InChI=1S/C11H22ClNO3/c1-11(2,3)16-8-10(14)13(4)6-9(12)7-15-5/h9H,6-8H2,1-5H3. The van der Waals surface area contributed by atoms with E-state index in [0.29, 0.717) is 13.2 Å². The van der Waals surface area contributed by atoms with Gasteiger partial charge in [-0.25, -0.2) is 0 Å². The first-order valence-corrected chi connectivity index (χ1v) is 5.71. The molecule has 0 bridgehead atoms. The fourth-order valence-electron chi connectivity index (χ4n) is 1.02. The van der Waals surface area contributed by atoms with Crippen LogP contribution in [0.15, 0.2) is 0 Å². The van der Waals surface area contributed by atoms with E-state index in [2.05, 4.69) is 0 Å². The van der Waals surface area contributed by atoms with Crippen LogP contribution in [-0.4, -0.2) is 55.7 Å². The first kappa shape index (κ1) is 15.7. The lowest BCUT2D eigenvalue weighted by molar-refractivity contribution is -0.139. The summed E-state index contributed by atoms with van der Waals surface area (Å²) in [6, 6.07) is 0. The van der Waals surface area contributed by atoms with Crippen molar-refractivity contribution >= 4 is 17.5 Å². The SMILES string of the molecule is COCC(Cl)CN(C)C(=O)COC(C)(C)C. The molecular weight excluding hydrogens is 230 g/mol. The van der Waals surface area contributed by atoms with Crippen molar-refractivity contribution < 1.29 is 14.3 Å². The highest BCUT2D eigenvalue weighted by atomic mass is 35.5. The Kier molecular flexibility index (Phi) is 6.95. The van der Waals surface area contributed by atoms with Crippen LogP contribution < -0.4 is 0 Å². The molecule has 0 aliphatic heterocycles. The number of methoxy groups -OCH3 is 1. The molecule has 1 unspecified atom stereocenters. The number of hydrogen-bond acceptors (Lipinski definition) is 3. The van der Waals surface area contributed by atoms with Gasteiger partial charge in [-0.2, -0.15) is 0 Å². The number of nitrogens with zero attached hydrogens (tertiary/aromatic N) is 1. The third kappa shape index (κ3) is 7.91. The Balaban J connectivity index is 3.90. The monoisotopic (exact) mass is 251 g/mol. The molecule has 16 heavy (non-hydrogen) atoms. The average molecular weight is 252 g/mol. The van der Waals surface area contributed by atoms with E-state index in [1.165, 1.54) is 0 Å². The van der Waals surface area contributed by atoms with Crippen molar-refractivity contribution in [3.8, 4) is 0 Å². The third-order valence-electron chi connectivity index (χ3n) is 1.87. The molecule has 5 heteroatoms. The molecule has 96 valence electrons. The number of rotatable bonds is 6. The van der Waals surface area contributed by atoms with Gasteiger partial charge >= 0.3 is 0 Å². The van der Waals surface area contributed by atoms with Gasteiger partial charge in [-0.05, 0) is 20.8 Å². The molecule has 0 N–H and O–H groups in total. The van der Waals surface area contributed by atoms with Crippen molar-refractivity contribution in [2.75, 3.05) is 33.9 Å². The Bertz CT molecular complexity index is 216. The molecule has 0 saturated heterocycles. The summed E-state index contributed by atoms with van der Waals surface area (Å²) >= 11 is 5.95. The second-order valence-electron chi connectivity index (χ2n) is 4.73. The fourth-order valence-corrected chi connectivity index (χ4v) is 1.35. The maximum absolute atomic E-state index is 11.6. The Morgan fingerprint density at radius 3 is 2.44 bits per heavy atom. The normalized spacial score (nSPS) is 13.6. The molecule has 0 aromatic carbocycles. The first-order chi connectivity index (χ1) is 7.26. The van der Waals surface area contributed by atoms with Crippen molar-refractivity contribution in [2.24, 2.45) is 0 Å². The molecular formula is C11H22ClNO3. The summed E-state index contributed by atoms with van der Waals surface area (Å²) in [5.41, 5.74) is -0.302. The van der Waals surface area contributed by atoms with E-state index < -0.39 is 0 Å². The van der Waals surface area contributed by atoms with Gasteiger partial charge in [-0.3, -0.25) is 4.79 Å². The van der Waals surface area contributed by atoms with Crippen LogP contribution in [0.3, 0.4) is 0 Å². The zero-order chi connectivity index (χ0) is 12.8. The Morgan fingerprint density at radius 1 is 1.44 bits per heavy atom. The third-order valence-corrected chi connectivity index (χ3v) is 2.14. The van der Waals surface area contributed by atoms with Crippen LogP contribution in [0.5, 0.6) is 0 Å². The highest BCUT2D eigenvalue weighted by Gasteiger charge is 2.17. The Hall–Kier alpha value is -0.320. The van der Waals surface area contributed by atoms with Crippen molar-refractivity contribution in [3.05, 3.63) is 0 Å². The topological polar surface area (TPSA) is 38.8 Å². The van der Waals surface area contributed by atoms with Crippen molar-refractivity contribution in [2.45, 2.75) is 31.7 Å². The molecule has 0 aromatic heterocycles. The van der Waals surface area contributed by atoms with Crippen LogP contribution in [0.1, 0.15) is 20.8 Å². The van der Waals surface area contributed by atoms with Crippen molar-refractivity contribution in [3.63, 3.8) is 0 Å². The largest absolute Gasteiger partial charge is 0.383 e. The summed E-state index contributed by atoms with van der Waals surface area (Å²) in [7, 11) is 3.29. The van der Waals surface area contributed by atoms with Crippen LogP contribution in [0, 0.1) is 0 Å². The minimum absolute atomic E-state index is 0.0725. The van der Waals surface area contributed by atoms with Crippen molar-refractivity contribution in [1.82, 2.24) is 4.90 Å². The maximum atomic E-state index is 11.6. The Morgan fingerprint density at radius 2 is 2.00 bits per heavy atom. The van der Waals surface area contributed by atoms with E-state index in [0.717, 1.165) is 0 Å². The molecule has 0 fully saturated rings. The molecule has 0 aliphatic rings. The van der Waals surface area contributed by atoms with Gasteiger partial charge in [0.15, 0.2) is 0 Å². The van der Waals surface area contributed by atoms with E-state index in [9.17, 15) is 4.79 Å². The molecule has 0 radical (unpaired) electrons. The maximum Gasteiger partial charge on any atom is 0.248 e. The molecule has 1 atom stereocenters. The first-order valence-electron chi connectivity index (χ1n) is 5.27. The zero-order valence-electron chi connectivity index (χ0n) is 10.7. The molecule has 0 rings (SSSR count). The molecule has 0 aromatic rings. The molecule has 0 spiro atoms. The quantitative estimate of drug-likeness (QED) is 0.672. The molecule has 4 nitrogen and oxygen atoms in total. The average Bonchev–Trinajstić information content (AvgIpc) is 2.13. The predicted octanol–water partition coefficient (Wildman–Crippen LogP) is 1.51. The van der Waals surface area contributed by atoms with Gasteiger partial charge in [0, 0.05) is 20.7 Å². The smallest absolute Gasteiger partial charge is 0.248 e. The summed E-state index contributed by atoms with van der Waals surface area (Å²) in [5, 5.41) is -0.186. The van der Waals surface area contributed by atoms with E-state index in [-0.39, 0.29) is 23.5 Å². The molecule has 0 heterocycles. The van der Waals surface area contributed by atoms with Gasteiger partial charge in [0.2, 0.25) is 5.91 Å². The second kappa shape index (κ2) is 7.09. The Labute approximate surface area is 103 Å². The van der Waals surface area contributed by atoms with Crippen molar-refractivity contribution in [1.29, 1.82) is 0 Å². The number of alkyl halides is 1. The predicted molar refractivity (Wildman–Crippen MR) is 64.9 cm³/mol. The molecule has 1 amide bonds. The van der Waals surface area contributed by atoms with Gasteiger partial charge in [-0.15, -0.1) is 11.6 Å². The lowest BCUT2D eigenvalue weighted by Gasteiger charge is -2.23. The van der Waals surface area contributed by atoms with Crippen LogP contribution in [-0.2, 0) is 14.3 Å². The number of hydrogen-bond donors (Lipinski definition) is 0. The zero-order valence-corrected chi connectivity index (χ0v) is 11.5. The highest BCUT2D eigenvalue weighted by molar-refractivity contribution is 6.21. The minimum atomic E-state index is -0.302. The number of ether oxygens (including phenoxy) is 2. The van der Waals surface area contributed by atoms with Crippen LogP contribution in [0.2, 0.25) is 0 Å². The second-order valence-corrected chi connectivity index (χ2v) is 5.35. The number of carbonyl (C=O) groups is 1. The molecule has 0 aliphatic carbocycles. The highest BCUT2D eigenvalue weighted by Crippen LogP contribution is 2.07. The van der Waals surface area contributed by atoms with Crippen LogP contribution in [0.4, 0.5) is 0 Å². The summed E-state index contributed by atoms with van der Waals surface area (Å²) in [5.74, 6) is -0.0725. The lowest BCUT2D eigenvalue weighted by Crippen LogP contribution is -2.38. The minimum Gasteiger partial charge on any atom is -0.383 e. The lowest BCUT2D eigenvalue weighted by atomic mass is 10.2.